The Labute approximate surface area is 121 Å². The second-order valence-corrected chi connectivity index (χ2v) is 5.89. The third kappa shape index (κ3) is 3.20. The number of rotatable bonds is 5. The second kappa shape index (κ2) is 5.95. The third-order valence-corrected chi connectivity index (χ3v) is 3.78. The molecule has 0 saturated carbocycles. The first-order chi connectivity index (χ1) is 9.46. The predicted octanol–water partition coefficient (Wildman–Crippen LogP) is 2.13. The Morgan fingerprint density at radius 3 is 2.65 bits per heavy atom. The van der Waals surface area contributed by atoms with Crippen LogP contribution in [0, 0.1) is 6.92 Å². The zero-order valence-corrected chi connectivity index (χ0v) is 13.0. The van der Waals surface area contributed by atoms with Crippen LogP contribution in [-0.4, -0.2) is 40.3 Å². The summed E-state index contributed by atoms with van der Waals surface area (Å²) in [6.07, 6.45) is 2.67. The number of β-amino-alcohol motifs (C(OH)–C–C–N with tert-alkyl or cyclic N) is 1. The van der Waals surface area contributed by atoms with Crippen molar-refractivity contribution in [3.05, 3.63) is 11.4 Å². The van der Waals surface area contributed by atoms with Gasteiger partial charge in [-0.05, 0) is 26.7 Å². The summed E-state index contributed by atoms with van der Waals surface area (Å²) in [5.41, 5.74) is 0.467. The number of nitrogens with one attached hydrogen (secondary N) is 1. The van der Waals surface area contributed by atoms with Crippen LogP contribution >= 0.6 is 0 Å². The number of aromatic nitrogens is 2. The molecule has 1 unspecified atom stereocenters. The molecule has 0 radical (unpaired) electrons. The van der Waals surface area contributed by atoms with E-state index in [1.807, 2.05) is 6.92 Å². The molecule has 1 aromatic heterocycles. The second-order valence-electron chi connectivity index (χ2n) is 5.89. The van der Waals surface area contributed by atoms with Gasteiger partial charge in [0, 0.05) is 31.6 Å². The molecule has 1 saturated heterocycles. The molecule has 1 aliphatic heterocycles. The van der Waals surface area contributed by atoms with Crippen molar-refractivity contribution in [3.63, 3.8) is 0 Å². The van der Waals surface area contributed by atoms with Crippen LogP contribution in [0.1, 0.15) is 45.0 Å². The minimum Gasteiger partial charge on any atom is -0.388 e. The van der Waals surface area contributed by atoms with Crippen molar-refractivity contribution in [2.45, 2.75) is 52.6 Å². The van der Waals surface area contributed by atoms with Crippen LogP contribution in [0.25, 0.3) is 0 Å². The lowest BCUT2D eigenvalue weighted by atomic mass is 10.1. The van der Waals surface area contributed by atoms with Gasteiger partial charge in [-0.3, -0.25) is 0 Å². The first-order valence-corrected chi connectivity index (χ1v) is 7.55. The zero-order chi connectivity index (χ0) is 14.8. The molecule has 112 valence electrons. The molecule has 2 N–H and O–H groups in total. The minimum absolute atomic E-state index is 0.610. The summed E-state index contributed by atoms with van der Waals surface area (Å²) >= 11 is 0. The van der Waals surface area contributed by atoms with Crippen molar-refractivity contribution >= 4 is 11.6 Å². The Hall–Kier alpha value is -1.36. The number of aryl methyl sites for hydroxylation is 1. The Balaban J connectivity index is 2.31. The van der Waals surface area contributed by atoms with E-state index in [4.69, 9.17) is 0 Å². The summed E-state index contributed by atoms with van der Waals surface area (Å²) < 4.78 is 0. The van der Waals surface area contributed by atoms with Crippen LogP contribution in [0.2, 0.25) is 0 Å². The van der Waals surface area contributed by atoms with Crippen LogP contribution in [0.3, 0.4) is 0 Å². The fourth-order valence-corrected chi connectivity index (χ4v) is 2.56. The van der Waals surface area contributed by atoms with Crippen molar-refractivity contribution in [3.8, 4) is 0 Å². The number of nitrogens with zero attached hydrogens (tertiary/aromatic N) is 3. The van der Waals surface area contributed by atoms with E-state index in [0.717, 1.165) is 55.4 Å². The summed E-state index contributed by atoms with van der Waals surface area (Å²) in [6.45, 7) is 10.6. The van der Waals surface area contributed by atoms with Crippen molar-refractivity contribution in [1.82, 2.24) is 9.97 Å². The normalized spacial score (nSPS) is 22.4. The number of hydrogen-bond donors (Lipinski definition) is 2. The van der Waals surface area contributed by atoms with Gasteiger partial charge in [-0.15, -0.1) is 0 Å². The van der Waals surface area contributed by atoms with Gasteiger partial charge in [-0.2, -0.15) is 0 Å². The van der Waals surface area contributed by atoms with Gasteiger partial charge in [0.2, 0.25) is 0 Å². The Morgan fingerprint density at radius 1 is 1.35 bits per heavy atom. The molecule has 2 rings (SSSR count). The lowest BCUT2D eigenvalue weighted by Gasteiger charge is -2.23. The molecule has 5 nitrogen and oxygen atoms in total. The first kappa shape index (κ1) is 15.0. The predicted molar refractivity (Wildman–Crippen MR) is 82.4 cm³/mol. The topological polar surface area (TPSA) is 61.3 Å². The van der Waals surface area contributed by atoms with Crippen LogP contribution in [-0.2, 0) is 6.42 Å². The van der Waals surface area contributed by atoms with Gasteiger partial charge >= 0.3 is 0 Å². The lowest BCUT2D eigenvalue weighted by Crippen LogP contribution is -2.30. The highest BCUT2D eigenvalue weighted by atomic mass is 16.3. The highest BCUT2D eigenvalue weighted by Crippen LogP contribution is 2.30. The molecular formula is C15H26N4O. The fourth-order valence-electron chi connectivity index (χ4n) is 2.56. The molecular weight excluding hydrogens is 252 g/mol. The van der Waals surface area contributed by atoms with Gasteiger partial charge in [0.25, 0.3) is 0 Å². The quantitative estimate of drug-likeness (QED) is 0.864. The summed E-state index contributed by atoms with van der Waals surface area (Å²) in [7, 11) is 0. The molecule has 5 heteroatoms. The summed E-state index contributed by atoms with van der Waals surface area (Å²) in [6, 6.07) is 0. The summed E-state index contributed by atoms with van der Waals surface area (Å²) in [4.78, 5) is 11.4. The number of anilines is 2. The van der Waals surface area contributed by atoms with Gasteiger partial charge in [-0.1, -0.05) is 13.8 Å². The van der Waals surface area contributed by atoms with Crippen molar-refractivity contribution in [2.75, 3.05) is 29.9 Å². The van der Waals surface area contributed by atoms with E-state index in [0.29, 0.717) is 6.54 Å². The van der Waals surface area contributed by atoms with Gasteiger partial charge in [0.1, 0.15) is 17.5 Å². The molecule has 0 aliphatic carbocycles. The average Bonchev–Trinajstić information content (AvgIpc) is 2.77. The first-order valence-electron chi connectivity index (χ1n) is 7.55. The average molecular weight is 278 g/mol. The minimum atomic E-state index is -0.610. The molecule has 1 aromatic rings. The standard InChI is InChI=1S/C15H26N4O/c1-5-8-16-13-11(3)14(18-12(6-2)17-13)19-9-7-15(4,20)10-19/h20H,5-10H2,1-4H3,(H,16,17,18). The molecule has 0 bridgehead atoms. The highest BCUT2D eigenvalue weighted by Gasteiger charge is 2.33. The zero-order valence-electron chi connectivity index (χ0n) is 13.0. The third-order valence-electron chi connectivity index (χ3n) is 3.78. The maximum absolute atomic E-state index is 10.2. The fraction of sp³-hybridized carbons (Fsp3) is 0.733. The SMILES string of the molecule is CCCNc1nc(CC)nc(N2CCC(C)(O)C2)c1C. The molecule has 0 aromatic carbocycles. The molecule has 1 fully saturated rings. The van der Waals surface area contributed by atoms with Gasteiger partial charge in [-0.25, -0.2) is 9.97 Å². The molecule has 1 aliphatic rings. The van der Waals surface area contributed by atoms with Crippen molar-refractivity contribution < 1.29 is 5.11 Å². The monoisotopic (exact) mass is 278 g/mol. The number of hydrogen-bond acceptors (Lipinski definition) is 5. The van der Waals surface area contributed by atoms with E-state index in [1.54, 1.807) is 0 Å². The maximum atomic E-state index is 10.2. The Bertz CT molecular complexity index is 473. The molecule has 0 spiro atoms. The van der Waals surface area contributed by atoms with Crippen molar-refractivity contribution in [2.24, 2.45) is 0 Å². The van der Waals surface area contributed by atoms with Crippen LogP contribution in [0.15, 0.2) is 0 Å². The molecule has 0 amide bonds. The van der Waals surface area contributed by atoms with Crippen LogP contribution in [0.5, 0.6) is 0 Å². The van der Waals surface area contributed by atoms with Gasteiger partial charge < -0.3 is 15.3 Å². The highest BCUT2D eigenvalue weighted by molar-refractivity contribution is 5.59. The number of aliphatic hydroxyl groups is 1. The maximum Gasteiger partial charge on any atom is 0.137 e. The van der Waals surface area contributed by atoms with Crippen LogP contribution in [0.4, 0.5) is 11.6 Å². The summed E-state index contributed by atoms with van der Waals surface area (Å²) in [5.74, 6) is 2.75. The molecule has 1 atom stereocenters. The van der Waals surface area contributed by atoms with E-state index in [9.17, 15) is 5.11 Å². The van der Waals surface area contributed by atoms with E-state index in [1.165, 1.54) is 0 Å². The van der Waals surface area contributed by atoms with E-state index >= 15 is 0 Å². The smallest absolute Gasteiger partial charge is 0.137 e. The lowest BCUT2D eigenvalue weighted by molar-refractivity contribution is 0.0839. The van der Waals surface area contributed by atoms with Gasteiger partial charge in [0.15, 0.2) is 0 Å². The van der Waals surface area contributed by atoms with E-state index in [-0.39, 0.29) is 0 Å². The Kier molecular flexibility index (Phi) is 4.48. The summed E-state index contributed by atoms with van der Waals surface area (Å²) in [5, 5.41) is 13.5. The Morgan fingerprint density at radius 2 is 2.10 bits per heavy atom. The van der Waals surface area contributed by atoms with Crippen LogP contribution < -0.4 is 10.2 Å². The van der Waals surface area contributed by atoms with E-state index in [2.05, 4.69) is 41.0 Å². The largest absolute Gasteiger partial charge is 0.388 e. The van der Waals surface area contributed by atoms with Gasteiger partial charge in [0.05, 0.1) is 5.60 Å². The van der Waals surface area contributed by atoms with Crippen molar-refractivity contribution in [1.29, 1.82) is 0 Å². The van der Waals surface area contributed by atoms with E-state index < -0.39 is 5.60 Å². The molecule has 2 heterocycles. The molecule has 20 heavy (non-hydrogen) atoms.